The molecule has 4 heteroatoms. The van der Waals surface area contributed by atoms with Crippen LogP contribution in [0.25, 0.3) is 0 Å². The fourth-order valence-corrected chi connectivity index (χ4v) is 1.90. The summed E-state index contributed by atoms with van der Waals surface area (Å²) >= 11 is 0. The number of aryl methyl sites for hydroxylation is 3. The van der Waals surface area contributed by atoms with Crippen LogP contribution in [0.4, 0.5) is 0 Å². The molecule has 0 bridgehead atoms. The number of aromatic nitrogens is 2. The van der Waals surface area contributed by atoms with Gasteiger partial charge in [-0.3, -0.25) is 4.79 Å². The second-order valence-electron chi connectivity index (χ2n) is 4.91. The van der Waals surface area contributed by atoms with E-state index in [2.05, 4.69) is 5.10 Å². The zero-order valence-corrected chi connectivity index (χ0v) is 11.4. The first-order valence-corrected chi connectivity index (χ1v) is 6.26. The highest BCUT2D eigenvalue weighted by Crippen LogP contribution is 2.17. The van der Waals surface area contributed by atoms with Gasteiger partial charge in [-0.05, 0) is 43.0 Å². The zero-order chi connectivity index (χ0) is 14.0. The van der Waals surface area contributed by atoms with Gasteiger partial charge >= 0.3 is 0 Å². The Morgan fingerprint density at radius 3 is 2.58 bits per heavy atom. The van der Waals surface area contributed by atoms with E-state index in [-0.39, 0.29) is 12.1 Å². The fourth-order valence-electron chi connectivity index (χ4n) is 1.90. The van der Waals surface area contributed by atoms with Crippen molar-refractivity contribution < 1.29 is 5.11 Å². The second kappa shape index (κ2) is 5.36. The summed E-state index contributed by atoms with van der Waals surface area (Å²) < 4.78 is 1.28. The molecule has 1 heterocycles. The smallest absolute Gasteiger partial charge is 0.267 e. The van der Waals surface area contributed by atoms with Crippen LogP contribution in [0, 0.1) is 20.8 Å². The van der Waals surface area contributed by atoms with Crippen molar-refractivity contribution in [1.82, 2.24) is 9.78 Å². The SMILES string of the molecule is Cc1cnn(CC(O)c2ccc(C)c(C)c2)c(=O)c1. The van der Waals surface area contributed by atoms with Crippen molar-refractivity contribution in [2.24, 2.45) is 0 Å². The summed E-state index contributed by atoms with van der Waals surface area (Å²) in [4.78, 5) is 11.7. The molecule has 0 saturated heterocycles. The Kier molecular flexibility index (Phi) is 3.81. The zero-order valence-electron chi connectivity index (χ0n) is 11.4. The van der Waals surface area contributed by atoms with Crippen molar-refractivity contribution in [2.75, 3.05) is 0 Å². The van der Waals surface area contributed by atoms with Gasteiger partial charge in [0.1, 0.15) is 0 Å². The van der Waals surface area contributed by atoms with E-state index in [9.17, 15) is 9.90 Å². The topological polar surface area (TPSA) is 55.1 Å². The molecule has 0 spiro atoms. The van der Waals surface area contributed by atoms with Crippen LogP contribution in [0.1, 0.15) is 28.4 Å². The maximum Gasteiger partial charge on any atom is 0.267 e. The number of nitrogens with zero attached hydrogens (tertiary/aromatic N) is 2. The first-order chi connectivity index (χ1) is 8.97. The van der Waals surface area contributed by atoms with E-state index >= 15 is 0 Å². The van der Waals surface area contributed by atoms with Gasteiger partial charge in [0.25, 0.3) is 5.56 Å². The van der Waals surface area contributed by atoms with Crippen molar-refractivity contribution in [3.05, 3.63) is 63.1 Å². The quantitative estimate of drug-likeness (QED) is 0.914. The van der Waals surface area contributed by atoms with Crippen LogP contribution in [-0.4, -0.2) is 14.9 Å². The van der Waals surface area contributed by atoms with Gasteiger partial charge < -0.3 is 5.11 Å². The molecular formula is C15H18N2O2. The maximum atomic E-state index is 11.7. The fraction of sp³-hybridized carbons (Fsp3) is 0.333. The van der Waals surface area contributed by atoms with Crippen molar-refractivity contribution in [1.29, 1.82) is 0 Å². The predicted octanol–water partition coefficient (Wildman–Crippen LogP) is 1.90. The van der Waals surface area contributed by atoms with E-state index in [1.165, 1.54) is 16.3 Å². The average molecular weight is 258 g/mol. The molecule has 0 aliphatic rings. The second-order valence-corrected chi connectivity index (χ2v) is 4.91. The number of benzene rings is 1. The molecule has 0 aliphatic carbocycles. The molecular weight excluding hydrogens is 240 g/mol. The highest BCUT2D eigenvalue weighted by atomic mass is 16.3. The van der Waals surface area contributed by atoms with Crippen molar-refractivity contribution in [2.45, 2.75) is 33.4 Å². The summed E-state index contributed by atoms with van der Waals surface area (Å²) in [6.45, 7) is 6.01. The predicted molar refractivity (Wildman–Crippen MR) is 74.1 cm³/mol. The summed E-state index contributed by atoms with van der Waals surface area (Å²) in [6.07, 6.45) is 0.890. The van der Waals surface area contributed by atoms with E-state index in [0.29, 0.717) is 0 Å². The Bertz CT molecular complexity index is 647. The molecule has 1 unspecified atom stereocenters. The molecule has 0 saturated carbocycles. The Labute approximate surface area is 112 Å². The molecule has 1 atom stereocenters. The van der Waals surface area contributed by atoms with Gasteiger partial charge in [-0.15, -0.1) is 0 Å². The van der Waals surface area contributed by atoms with E-state index < -0.39 is 6.10 Å². The van der Waals surface area contributed by atoms with Gasteiger partial charge in [0.15, 0.2) is 0 Å². The molecule has 0 fully saturated rings. The molecule has 1 aromatic carbocycles. The number of aliphatic hydroxyl groups excluding tert-OH is 1. The molecule has 19 heavy (non-hydrogen) atoms. The average Bonchev–Trinajstić information content (AvgIpc) is 2.36. The maximum absolute atomic E-state index is 11.7. The lowest BCUT2D eigenvalue weighted by Gasteiger charge is -2.13. The first-order valence-electron chi connectivity index (χ1n) is 6.26. The minimum absolute atomic E-state index is 0.168. The number of aliphatic hydroxyl groups is 1. The normalized spacial score (nSPS) is 12.4. The van der Waals surface area contributed by atoms with Gasteiger partial charge in [0.2, 0.25) is 0 Å². The third-order valence-electron chi connectivity index (χ3n) is 3.27. The number of hydrogen-bond donors (Lipinski definition) is 1. The summed E-state index contributed by atoms with van der Waals surface area (Å²) in [5.41, 5.74) is 3.74. The van der Waals surface area contributed by atoms with E-state index in [4.69, 9.17) is 0 Å². The van der Waals surface area contributed by atoms with E-state index in [1.54, 1.807) is 6.20 Å². The minimum atomic E-state index is -0.729. The monoisotopic (exact) mass is 258 g/mol. The molecule has 1 aromatic heterocycles. The van der Waals surface area contributed by atoms with Crippen LogP contribution in [0.3, 0.4) is 0 Å². The van der Waals surface area contributed by atoms with E-state index in [1.807, 2.05) is 39.0 Å². The lowest BCUT2D eigenvalue weighted by atomic mass is 10.0. The molecule has 0 radical (unpaired) electrons. The Balaban J connectivity index is 2.22. The van der Waals surface area contributed by atoms with Gasteiger partial charge in [-0.25, -0.2) is 4.68 Å². The Morgan fingerprint density at radius 2 is 1.95 bits per heavy atom. The third kappa shape index (κ3) is 3.09. The van der Waals surface area contributed by atoms with Gasteiger partial charge in [0, 0.05) is 6.07 Å². The lowest BCUT2D eigenvalue weighted by Crippen LogP contribution is -2.25. The van der Waals surface area contributed by atoms with Crippen LogP contribution in [-0.2, 0) is 6.54 Å². The van der Waals surface area contributed by atoms with Crippen LogP contribution >= 0.6 is 0 Å². The van der Waals surface area contributed by atoms with Crippen LogP contribution in [0.15, 0.2) is 35.3 Å². The summed E-state index contributed by atoms with van der Waals surface area (Å²) in [5, 5.41) is 14.2. The largest absolute Gasteiger partial charge is 0.386 e. The molecule has 0 aliphatic heterocycles. The van der Waals surface area contributed by atoms with Crippen molar-refractivity contribution in [3.63, 3.8) is 0 Å². The highest BCUT2D eigenvalue weighted by Gasteiger charge is 2.11. The van der Waals surface area contributed by atoms with Crippen LogP contribution < -0.4 is 5.56 Å². The lowest BCUT2D eigenvalue weighted by molar-refractivity contribution is 0.149. The molecule has 4 nitrogen and oxygen atoms in total. The molecule has 0 amide bonds. The summed E-state index contributed by atoms with van der Waals surface area (Å²) in [7, 11) is 0. The molecule has 1 N–H and O–H groups in total. The van der Waals surface area contributed by atoms with Crippen molar-refractivity contribution >= 4 is 0 Å². The number of rotatable bonds is 3. The van der Waals surface area contributed by atoms with Gasteiger partial charge in [-0.1, -0.05) is 18.2 Å². The van der Waals surface area contributed by atoms with Gasteiger partial charge in [-0.2, -0.15) is 5.10 Å². The van der Waals surface area contributed by atoms with Crippen molar-refractivity contribution in [3.8, 4) is 0 Å². The molecule has 100 valence electrons. The standard InChI is InChI=1S/C15H18N2O2/c1-10-6-15(19)17(16-8-10)9-14(18)13-5-4-11(2)12(3)7-13/h4-8,14,18H,9H2,1-3H3. The number of hydrogen-bond acceptors (Lipinski definition) is 3. The highest BCUT2D eigenvalue weighted by molar-refractivity contribution is 5.31. The minimum Gasteiger partial charge on any atom is -0.386 e. The Morgan fingerprint density at radius 1 is 1.21 bits per heavy atom. The van der Waals surface area contributed by atoms with Gasteiger partial charge in [0.05, 0.1) is 18.8 Å². The Hall–Kier alpha value is -1.94. The molecule has 2 rings (SSSR count). The van der Waals surface area contributed by atoms with Crippen LogP contribution in [0.2, 0.25) is 0 Å². The summed E-state index contributed by atoms with van der Waals surface area (Å²) in [5.74, 6) is 0. The van der Waals surface area contributed by atoms with E-state index in [0.717, 1.165) is 16.7 Å². The van der Waals surface area contributed by atoms with Crippen LogP contribution in [0.5, 0.6) is 0 Å². The first kappa shape index (κ1) is 13.5. The molecule has 2 aromatic rings. The summed E-state index contributed by atoms with van der Waals surface area (Å²) in [6, 6.07) is 7.31. The third-order valence-corrected chi connectivity index (χ3v) is 3.27.